The minimum absolute atomic E-state index is 0.186. The van der Waals surface area contributed by atoms with Gasteiger partial charge in [-0.3, -0.25) is 9.69 Å². The number of nitrogens with one attached hydrogen (secondary N) is 1. The third-order valence-corrected chi connectivity index (χ3v) is 5.59. The number of aryl methyl sites for hydroxylation is 1. The van der Waals surface area contributed by atoms with Gasteiger partial charge in [-0.15, -0.1) is 11.3 Å². The molecule has 7 heteroatoms. The van der Waals surface area contributed by atoms with E-state index >= 15 is 0 Å². The average molecular weight is 385 g/mol. The first-order chi connectivity index (χ1) is 12.9. The van der Waals surface area contributed by atoms with E-state index in [9.17, 15) is 13.6 Å². The number of anilines is 1. The van der Waals surface area contributed by atoms with Crippen molar-refractivity contribution in [2.45, 2.75) is 20.0 Å². The number of aromatic nitrogens is 1. The maximum Gasteiger partial charge on any atom is 0.284 e. The highest BCUT2D eigenvalue weighted by Gasteiger charge is 2.25. The van der Waals surface area contributed by atoms with E-state index in [0.29, 0.717) is 6.54 Å². The summed E-state index contributed by atoms with van der Waals surface area (Å²) in [5.74, 6) is -2.25. The molecule has 1 amide bonds. The Bertz CT molecular complexity index is 1030. The molecule has 4 rings (SSSR count). The van der Waals surface area contributed by atoms with E-state index in [-0.39, 0.29) is 5.01 Å². The minimum atomic E-state index is -0.817. The molecule has 27 heavy (non-hydrogen) atoms. The summed E-state index contributed by atoms with van der Waals surface area (Å²) in [5.41, 5.74) is 3.69. The SMILES string of the molecule is Cc1ccc2c(c1)-c1sc(C(=O)Nc3c(F)cccc3F)nc1CN(C)C2. The molecule has 2 heterocycles. The molecule has 1 aliphatic heterocycles. The predicted molar refractivity (Wildman–Crippen MR) is 102 cm³/mol. The van der Waals surface area contributed by atoms with Crippen LogP contribution in [0.15, 0.2) is 36.4 Å². The first kappa shape index (κ1) is 17.8. The standard InChI is InChI=1S/C20H17F2N3OS/c1-11-6-7-12-9-25(2)10-16-18(13(12)8-11)27-20(23-16)19(26)24-17-14(21)4-3-5-15(17)22/h3-8H,9-10H2,1-2H3,(H,24,26). The van der Waals surface area contributed by atoms with Crippen molar-refractivity contribution < 1.29 is 13.6 Å². The number of carbonyl (C=O) groups excluding carboxylic acids is 1. The van der Waals surface area contributed by atoms with Gasteiger partial charge < -0.3 is 5.32 Å². The highest BCUT2D eigenvalue weighted by atomic mass is 32.1. The molecule has 0 spiro atoms. The molecule has 4 nitrogen and oxygen atoms in total. The van der Waals surface area contributed by atoms with Gasteiger partial charge >= 0.3 is 0 Å². The molecular formula is C20H17F2N3OS. The van der Waals surface area contributed by atoms with Gasteiger partial charge in [-0.1, -0.05) is 29.8 Å². The van der Waals surface area contributed by atoms with Gasteiger partial charge in [0.2, 0.25) is 0 Å². The molecule has 0 bridgehead atoms. The van der Waals surface area contributed by atoms with Crippen molar-refractivity contribution in [1.29, 1.82) is 0 Å². The molecule has 0 atom stereocenters. The van der Waals surface area contributed by atoms with Crippen molar-refractivity contribution in [2.75, 3.05) is 12.4 Å². The van der Waals surface area contributed by atoms with Crippen LogP contribution in [-0.4, -0.2) is 22.8 Å². The molecule has 2 aromatic carbocycles. The Morgan fingerprint density at radius 2 is 1.93 bits per heavy atom. The van der Waals surface area contributed by atoms with Crippen molar-refractivity contribution in [3.05, 3.63) is 69.9 Å². The van der Waals surface area contributed by atoms with Crippen LogP contribution in [0.5, 0.6) is 0 Å². The van der Waals surface area contributed by atoms with E-state index in [0.717, 1.165) is 45.9 Å². The van der Waals surface area contributed by atoms with E-state index in [2.05, 4.69) is 33.4 Å². The molecule has 138 valence electrons. The molecule has 0 saturated heterocycles. The Morgan fingerprint density at radius 1 is 1.19 bits per heavy atom. The largest absolute Gasteiger partial charge is 0.315 e. The summed E-state index contributed by atoms with van der Waals surface area (Å²) in [6.07, 6.45) is 0. The number of hydrogen-bond acceptors (Lipinski definition) is 4. The summed E-state index contributed by atoms with van der Waals surface area (Å²) >= 11 is 1.25. The van der Waals surface area contributed by atoms with Crippen LogP contribution < -0.4 is 5.32 Å². The van der Waals surface area contributed by atoms with Crippen molar-refractivity contribution in [1.82, 2.24) is 9.88 Å². The van der Waals surface area contributed by atoms with E-state index < -0.39 is 23.2 Å². The van der Waals surface area contributed by atoms with Crippen LogP contribution in [0.25, 0.3) is 10.4 Å². The maximum atomic E-state index is 13.8. The smallest absolute Gasteiger partial charge is 0.284 e. The predicted octanol–water partition coefficient (Wildman–Crippen LogP) is 4.59. The van der Waals surface area contributed by atoms with Crippen molar-refractivity contribution >= 4 is 22.9 Å². The van der Waals surface area contributed by atoms with Gasteiger partial charge in [0.05, 0.1) is 10.6 Å². The van der Waals surface area contributed by atoms with Crippen LogP contribution in [0, 0.1) is 18.6 Å². The second kappa shape index (κ2) is 6.83. The number of thiazole rings is 1. The number of fused-ring (bicyclic) bond motifs is 3. The summed E-state index contributed by atoms with van der Waals surface area (Å²) in [5, 5.41) is 2.50. The molecule has 1 N–H and O–H groups in total. The number of para-hydroxylation sites is 1. The van der Waals surface area contributed by atoms with Crippen LogP contribution in [0.3, 0.4) is 0 Å². The normalized spacial score (nSPS) is 13.6. The lowest BCUT2D eigenvalue weighted by molar-refractivity contribution is 0.102. The first-order valence-corrected chi connectivity index (χ1v) is 9.27. The molecule has 3 aromatic rings. The number of halogens is 2. The second-order valence-corrected chi connectivity index (χ2v) is 7.68. The number of rotatable bonds is 2. The topological polar surface area (TPSA) is 45.2 Å². The van der Waals surface area contributed by atoms with Crippen molar-refractivity contribution in [2.24, 2.45) is 0 Å². The van der Waals surface area contributed by atoms with Gasteiger partial charge in [0.15, 0.2) is 5.01 Å². The lowest BCUT2D eigenvalue weighted by atomic mass is 10.0. The molecule has 1 aliphatic rings. The van der Waals surface area contributed by atoms with Gasteiger partial charge in [-0.05, 0) is 37.2 Å². The summed E-state index contributed by atoms with van der Waals surface area (Å²) < 4.78 is 27.6. The van der Waals surface area contributed by atoms with Crippen LogP contribution >= 0.6 is 11.3 Å². The zero-order valence-electron chi connectivity index (χ0n) is 14.8. The van der Waals surface area contributed by atoms with Gasteiger partial charge in [-0.25, -0.2) is 13.8 Å². The lowest BCUT2D eigenvalue weighted by Gasteiger charge is -2.13. The number of amides is 1. The number of carbonyl (C=O) groups is 1. The number of nitrogens with zero attached hydrogens (tertiary/aromatic N) is 2. The highest BCUT2D eigenvalue weighted by Crippen LogP contribution is 2.37. The average Bonchev–Trinajstić information content (AvgIpc) is 2.98. The van der Waals surface area contributed by atoms with E-state index in [4.69, 9.17) is 0 Å². The molecule has 0 saturated carbocycles. The van der Waals surface area contributed by atoms with Gasteiger partial charge in [-0.2, -0.15) is 0 Å². The molecular weight excluding hydrogens is 368 g/mol. The summed E-state index contributed by atoms with van der Waals surface area (Å²) in [4.78, 5) is 20.1. The Kier molecular flexibility index (Phi) is 4.49. The van der Waals surface area contributed by atoms with Crippen LogP contribution in [-0.2, 0) is 13.1 Å². The monoisotopic (exact) mass is 385 g/mol. The quantitative estimate of drug-likeness (QED) is 0.702. The minimum Gasteiger partial charge on any atom is -0.315 e. The van der Waals surface area contributed by atoms with Gasteiger partial charge in [0, 0.05) is 13.1 Å². The highest BCUT2D eigenvalue weighted by molar-refractivity contribution is 7.17. The van der Waals surface area contributed by atoms with Crippen LogP contribution in [0.2, 0.25) is 0 Å². The van der Waals surface area contributed by atoms with E-state index in [1.165, 1.54) is 17.4 Å². The fraction of sp³-hybridized carbons (Fsp3) is 0.200. The Hall–Kier alpha value is -2.64. The second-order valence-electron chi connectivity index (χ2n) is 6.68. The molecule has 0 fully saturated rings. The summed E-state index contributed by atoms with van der Waals surface area (Å²) in [6, 6.07) is 9.69. The van der Waals surface area contributed by atoms with Crippen molar-refractivity contribution in [3.8, 4) is 10.4 Å². The summed E-state index contributed by atoms with van der Waals surface area (Å²) in [7, 11) is 1.99. The van der Waals surface area contributed by atoms with Gasteiger partial charge in [0.25, 0.3) is 5.91 Å². The number of benzene rings is 2. The fourth-order valence-corrected chi connectivity index (χ4v) is 4.21. The zero-order valence-corrected chi connectivity index (χ0v) is 15.7. The van der Waals surface area contributed by atoms with Crippen LogP contribution in [0.1, 0.15) is 26.6 Å². The zero-order chi connectivity index (χ0) is 19.1. The summed E-state index contributed by atoms with van der Waals surface area (Å²) in [6.45, 7) is 3.41. The fourth-order valence-electron chi connectivity index (χ4n) is 3.19. The lowest BCUT2D eigenvalue weighted by Crippen LogP contribution is -2.17. The molecule has 0 aliphatic carbocycles. The third-order valence-electron chi connectivity index (χ3n) is 4.46. The first-order valence-electron chi connectivity index (χ1n) is 8.46. The Labute approximate surface area is 159 Å². The molecule has 1 aromatic heterocycles. The van der Waals surface area contributed by atoms with Crippen molar-refractivity contribution in [3.63, 3.8) is 0 Å². The van der Waals surface area contributed by atoms with E-state index in [1.54, 1.807) is 0 Å². The Balaban J connectivity index is 1.73. The molecule has 0 unspecified atom stereocenters. The van der Waals surface area contributed by atoms with Gasteiger partial charge in [0.1, 0.15) is 17.3 Å². The van der Waals surface area contributed by atoms with E-state index in [1.807, 2.05) is 14.0 Å². The third kappa shape index (κ3) is 3.36. The van der Waals surface area contributed by atoms with Crippen LogP contribution in [0.4, 0.5) is 14.5 Å². The Morgan fingerprint density at radius 3 is 2.67 bits per heavy atom. The maximum absolute atomic E-state index is 13.8. The number of hydrogen-bond donors (Lipinski definition) is 1. The molecule has 0 radical (unpaired) electrons.